The Bertz CT molecular complexity index is 1310. The van der Waals surface area contributed by atoms with E-state index in [2.05, 4.69) is 4.90 Å². The van der Waals surface area contributed by atoms with Crippen molar-refractivity contribution in [2.45, 2.75) is 44.9 Å². The van der Waals surface area contributed by atoms with Crippen LogP contribution in [0.5, 0.6) is 11.6 Å². The van der Waals surface area contributed by atoms with Crippen LogP contribution >= 0.6 is 0 Å². The number of para-hydroxylation sites is 1. The number of hydrogen-bond donors (Lipinski definition) is 1. The molecule has 1 fully saturated rings. The van der Waals surface area contributed by atoms with Crippen molar-refractivity contribution in [1.82, 2.24) is 14.7 Å². The SMILES string of the molecule is Cc1nn(-c2ccccc2)c(Oc2ccc(F)cc2F)c1CN(CC(O)Cc1ccccc1)C1CC1. The Balaban J connectivity index is 1.45. The number of aliphatic hydroxyl groups excluding tert-OH is 1. The van der Waals surface area contributed by atoms with Crippen molar-refractivity contribution in [2.75, 3.05) is 6.54 Å². The van der Waals surface area contributed by atoms with Crippen LogP contribution in [0.2, 0.25) is 0 Å². The largest absolute Gasteiger partial charge is 0.435 e. The summed E-state index contributed by atoms with van der Waals surface area (Å²) in [6.45, 7) is 2.89. The molecule has 36 heavy (non-hydrogen) atoms. The molecule has 1 N–H and O–H groups in total. The number of hydrogen-bond acceptors (Lipinski definition) is 4. The van der Waals surface area contributed by atoms with Gasteiger partial charge in [0.1, 0.15) is 5.82 Å². The van der Waals surface area contributed by atoms with Crippen LogP contribution in [0.15, 0.2) is 78.9 Å². The fourth-order valence-corrected chi connectivity index (χ4v) is 4.44. The number of rotatable bonds is 10. The summed E-state index contributed by atoms with van der Waals surface area (Å²) in [5.41, 5.74) is 3.41. The Labute approximate surface area is 209 Å². The van der Waals surface area contributed by atoms with Crippen LogP contribution in [-0.2, 0) is 13.0 Å². The first-order valence-corrected chi connectivity index (χ1v) is 12.2. The molecule has 1 aliphatic carbocycles. The monoisotopic (exact) mass is 489 g/mol. The molecule has 0 spiro atoms. The minimum Gasteiger partial charge on any atom is -0.435 e. The molecule has 0 aliphatic heterocycles. The van der Waals surface area contributed by atoms with Gasteiger partial charge in [0.05, 0.1) is 23.0 Å². The van der Waals surface area contributed by atoms with E-state index in [0.29, 0.717) is 31.4 Å². The van der Waals surface area contributed by atoms with E-state index < -0.39 is 17.7 Å². The van der Waals surface area contributed by atoms with Crippen LogP contribution in [0.25, 0.3) is 5.69 Å². The van der Waals surface area contributed by atoms with Crippen LogP contribution in [0.3, 0.4) is 0 Å². The number of benzene rings is 3. The average Bonchev–Trinajstić information content (AvgIpc) is 3.67. The number of halogens is 2. The Morgan fingerprint density at radius 2 is 1.72 bits per heavy atom. The zero-order chi connectivity index (χ0) is 25.1. The Hall–Kier alpha value is -3.55. The molecule has 1 heterocycles. The predicted octanol–water partition coefficient (Wildman–Crippen LogP) is 5.82. The first-order chi connectivity index (χ1) is 17.5. The van der Waals surface area contributed by atoms with E-state index in [-0.39, 0.29) is 5.75 Å². The van der Waals surface area contributed by atoms with Crippen LogP contribution < -0.4 is 4.74 Å². The maximum absolute atomic E-state index is 14.6. The van der Waals surface area contributed by atoms with Gasteiger partial charge in [-0.05, 0) is 56.0 Å². The van der Waals surface area contributed by atoms with Gasteiger partial charge in [-0.3, -0.25) is 4.90 Å². The smallest absolute Gasteiger partial charge is 0.227 e. The van der Waals surface area contributed by atoms with Crippen LogP contribution in [0.1, 0.15) is 29.7 Å². The van der Waals surface area contributed by atoms with Crippen molar-refractivity contribution in [1.29, 1.82) is 0 Å². The van der Waals surface area contributed by atoms with Crippen LogP contribution in [-0.4, -0.2) is 38.5 Å². The number of ether oxygens (including phenoxy) is 1. The molecule has 0 bridgehead atoms. The van der Waals surface area contributed by atoms with Crippen molar-refractivity contribution in [2.24, 2.45) is 0 Å². The van der Waals surface area contributed by atoms with Gasteiger partial charge in [-0.2, -0.15) is 5.10 Å². The molecule has 5 nitrogen and oxygen atoms in total. The van der Waals surface area contributed by atoms with Crippen molar-refractivity contribution >= 4 is 0 Å². The highest BCUT2D eigenvalue weighted by atomic mass is 19.1. The van der Waals surface area contributed by atoms with E-state index in [1.165, 1.54) is 12.1 Å². The van der Waals surface area contributed by atoms with Crippen LogP contribution in [0.4, 0.5) is 8.78 Å². The highest BCUT2D eigenvalue weighted by Gasteiger charge is 2.33. The molecule has 3 aromatic carbocycles. The molecule has 1 unspecified atom stereocenters. The Kier molecular flexibility index (Phi) is 7.11. The first-order valence-electron chi connectivity index (χ1n) is 12.2. The molecule has 4 aromatic rings. The van der Waals surface area contributed by atoms with Gasteiger partial charge >= 0.3 is 0 Å². The fourth-order valence-electron chi connectivity index (χ4n) is 4.44. The lowest BCUT2D eigenvalue weighted by Crippen LogP contribution is -2.35. The molecule has 1 aromatic heterocycles. The standard InChI is InChI=1S/C29H29F2N3O2/c1-20-26(19-33(23-13-14-23)18-25(35)16-21-8-4-2-5-9-21)29(34(32-20)24-10-6-3-7-11-24)36-28-15-12-22(30)17-27(28)31/h2-12,15,17,23,25,35H,13-14,16,18-19H2,1H3. The number of aliphatic hydroxyl groups is 1. The predicted molar refractivity (Wildman–Crippen MR) is 134 cm³/mol. The zero-order valence-electron chi connectivity index (χ0n) is 20.1. The third-order valence-electron chi connectivity index (χ3n) is 6.42. The third kappa shape index (κ3) is 5.64. The van der Waals surface area contributed by atoms with Crippen LogP contribution in [0, 0.1) is 18.6 Å². The van der Waals surface area contributed by atoms with E-state index >= 15 is 0 Å². The molecular formula is C29H29F2N3O2. The number of aromatic nitrogens is 2. The molecule has 1 saturated carbocycles. The van der Waals surface area contributed by atoms with E-state index in [0.717, 1.165) is 41.4 Å². The summed E-state index contributed by atoms with van der Waals surface area (Å²) >= 11 is 0. The van der Waals surface area contributed by atoms with Crippen molar-refractivity contribution in [3.05, 3.63) is 107 Å². The molecule has 1 aliphatic rings. The van der Waals surface area contributed by atoms with Gasteiger partial charge in [0.15, 0.2) is 11.6 Å². The summed E-state index contributed by atoms with van der Waals surface area (Å²) in [5, 5.41) is 15.6. The maximum atomic E-state index is 14.6. The van der Waals surface area contributed by atoms with E-state index in [9.17, 15) is 13.9 Å². The summed E-state index contributed by atoms with van der Waals surface area (Å²) < 4.78 is 35.8. The number of nitrogens with zero attached hydrogens (tertiary/aromatic N) is 3. The summed E-state index contributed by atoms with van der Waals surface area (Å²) in [7, 11) is 0. The maximum Gasteiger partial charge on any atom is 0.227 e. The van der Waals surface area contributed by atoms with Gasteiger partial charge in [0.2, 0.25) is 5.88 Å². The molecule has 0 radical (unpaired) electrons. The second-order valence-electron chi connectivity index (χ2n) is 9.30. The van der Waals surface area contributed by atoms with Crippen molar-refractivity contribution < 1.29 is 18.6 Å². The first kappa shape index (κ1) is 24.2. The summed E-state index contributed by atoms with van der Waals surface area (Å²) in [5.74, 6) is -1.14. The van der Waals surface area contributed by atoms with Gasteiger partial charge in [0.25, 0.3) is 0 Å². The van der Waals surface area contributed by atoms with Gasteiger partial charge in [-0.25, -0.2) is 13.5 Å². The van der Waals surface area contributed by atoms with E-state index in [4.69, 9.17) is 9.84 Å². The Morgan fingerprint density at radius 1 is 1.03 bits per heavy atom. The summed E-state index contributed by atoms with van der Waals surface area (Å²) in [4.78, 5) is 2.25. The van der Waals surface area contributed by atoms with Gasteiger partial charge in [0, 0.05) is 25.2 Å². The molecular weight excluding hydrogens is 460 g/mol. The van der Waals surface area contributed by atoms with Crippen molar-refractivity contribution in [3.8, 4) is 17.3 Å². The highest BCUT2D eigenvalue weighted by Crippen LogP contribution is 2.36. The van der Waals surface area contributed by atoms with Gasteiger partial charge in [-0.15, -0.1) is 0 Å². The fraction of sp³-hybridized carbons (Fsp3) is 0.276. The number of aryl methyl sites for hydroxylation is 1. The third-order valence-corrected chi connectivity index (χ3v) is 6.42. The topological polar surface area (TPSA) is 50.5 Å². The molecule has 7 heteroatoms. The summed E-state index contributed by atoms with van der Waals surface area (Å²) in [6, 6.07) is 23.1. The quantitative estimate of drug-likeness (QED) is 0.305. The lowest BCUT2D eigenvalue weighted by atomic mass is 10.1. The van der Waals surface area contributed by atoms with Crippen molar-refractivity contribution in [3.63, 3.8) is 0 Å². The second-order valence-corrected chi connectivity index (χ2v) is 9.30. The highest BCUT2D eigenvalue weighted by molar-refractivity contribution is 5.43. The van der Waals surface area contributed by atoms with E-state index in [1.807, 2.05) is 67.6 Å². The van der Waals surface area contributed by atoms with Gasteiger partial charge in [-0.1, -0.05) is 48.5 Å². The summed E-state index contributed by atoms with van der Waals surface area (Å²) in [6.07, 6.45) is 2.16. The zero-order valence-corrected chi connectivity index (χ0v) is 20.1. The molecule has 0 amide bonds. The van der Waals surface area contributed by atoms with E-state index in [1.54, 1.807) is 4.68 Å². The average molecular weight is 490 g/mol. The molecule has 0 saturated heterocycles. The Morgan fingerprint density at radius 3 is 2.39 bits per heavy atom. The molecule has 186 valence electrons. The second kappa shape index (κ2) is 10.6. The molecule has 5 rings (SSSR count). The minimum absolute atomic E-state index is 0.0724. The van der Waals surface area contributed by atoms with Gasteiger partial charge < -0.3 is 9.84 Å². The normalized spacial score (nSPS) is 14.2. The lowest BCUT2D eigenvalue weighted by molar-refractivity contribution is 0.103. The minimum atomic E-state index is -0.781. The lowest BCUT2D eigenvalue weighted by Gasteiger charge is -2.25. The molecule has 1 atom stereocenters.